The van der Waals surface area contributed by atoms with Crippen LogP contribution in [0.25, 0.3) is 106 Å². The van der Waals surface area contributed by atoms with Crippen LogP contribution in [0.15, 0.2) is 167 Å². The largest absolute Gasteiger partial charge is 0.456 e. The molecule has 0 bridgehead atoms. The molecule has 6 nitrogen and oxygen atoms in total. The summed E-state index contributed by atoms with van der Waals surface area (Å²) in [5, 5.41) is 6.56. The summed E-state index contributed by atoms with van der Waals surface area (Å²) >= 11 is 0. The van der Waals surface area contributed by atoms with E-state index in [1.165, 1.54) is 0 Å². The number of rotatable bonds is 4. The van der Waals surface area contributed by atoms with Crippen molar-refractivity contribution in [1.29, 1.82) is 0 Å². The molecule has 0 aliphatic rings. The second-order valence-corrected chi connectivity index (χ2v) is 12.8. The second-order valence-electron chi connectivity index (χ2n) is 12.8. The standard InChI is InChI=1S/C45H26N4O2/c1-3-13-27(14-4-1)43-46-44(28-15-5-2-6-16-28)48-45(47-43)33-21-11-19-29-30-20-12-23-36(42(30)51-41(29)33)49-34-22-9-7-17-31(34)39-35(49)25-26-38-40(39)32-18-8-10-24-37(32)50-38/h1-26H. The van der Waals surface area contributed by atoms with Gasteiger partial charge in [0.05, 0.1) is 22.3 Å². The summed E-state index contributed by atoms with van der Waals surface area (Å²) in [6.07, 6.45) is 0. The smallest absolute Gasteiger partial charge is 0.167 e. The number of nitrogens with zero attached hydrogens (tertiary/aromatic N) is 4. The van der Waals surface area contributed by atoms with E-state index in [2.05, 4.69) is 83.4 Å². The normalized spacial score (nSPS) is 11.9. The van der Waals surface area contributed by atoms with E-state index in [1.807, 2.05) is 78.9 Å². The fourth-order valence-corrected chi connectivity index (χ4v) is 7.62. The van der Waals surface area contributed by atoms with Gasteiger partial charge in [-0.1, -0.05) is 121 Å². The Labute approximate surface area is 290 Å². The Bertz CT molecular complexity index is 3080. The van der Waals surface area contributed by atoms with Gasteiger partial charge in [-0.3, -0.25) is 0 Å². The van der Waals surface area contributed by atoms with Gasteiger partial charge in [0.1, 0.15) is 16.7 Å². The van der Waals surface area contributed by atoms with Gasteiger partial charge < -0.3 is 13.4 Å². The second kappa shape index (κ2) is 10.7. The summed E-state index contributed by atoms with van der Waals surface area (Å²) in [7, 11) is 0. The molecule has 238 valence electrons. The molecule has 0 fully saturated rings. The van der Waals surface area contributed by atoms with E-state index in [4.69, 9.17) is 23.8 Å². The van der Waals surface area contributed by atoms with E-state index in [9.17, 15) is 0 Å². The molecule has 0 N–H and O–H groups in total. The fraction of sp³-hybridized carbons (Fsp3) is 0. The molecule has 4 aromatic heterocycles. The van der Waals surface area contributed by atoms with Crippen molar-refractivity contribution in [3.63, 3.8) is 0 Å². The maximum atomic E-state index is 6.98. The molecule has 51 heavy (non-hydrogen) atoms. The molecule has 0 aliphatic carbocycles. The summed E-state index contributed by atoms with van der Waals surface area (Å²) in [5.41, 5.74) is 9.06. The summed E-state index contributed by atoms with van der Waals surface area (Å²) in [6.45, 7) is 0. The molecule has 7 aromatic carbocycles. The molecule has 0 radical (unpaired) electrons. The predicted molar refractivity (Wildman–Crippen MR) is 205 cm³/mol. The highest BCUT2D eigenvalue weighted by molar-refractivity contribution is 6.27. The van der Waals surface area contributed by atoms with Crippen LogP contribution < -0.4 is 0 Å². The van der Waals surface area contributed by atoms with Gasteiger partial charge >= 0.3 is 0 Å². The van der Waals surface area contributed by atoms with E-state index in [0.717, 1.165) is 88.1 Å². The van der Waals surface area contributed by atoms with Crippen LogP contribution in [-0.4, -0.2) is 19.5 Å². The molecule has 0 amide bonds. The third kappa shape index (κ3) is 4.14. The number of hydrogen-bond acceptors (Lipinski definition) is 5. The Kier molecular flexibility index (Phi) is 5.86. The Morgan fingerprint density at radius 3 is 1.75 bits per heavy atom. The lowest BCUT2D eigenvalue weighted by Gasteiger charge is -2.09. The zero-order valence-electron chi connectivity index (χ0n) is 27.1. The zero-order valence-corrected chi connectivity index (χ0v) is 27.1. The number of aromatic nitrogens is 4. The molecule has 11 aromatic rings. The molecule has 0 unspecified atom stereocenters. The van der Waals surface area contributed by atoms with Gasteiger partial charge in [0, 0.05) is 43.4 Å². The number of benzene rings is 7. The van der Waals surface area contributed by atoms with E-state index in [0.29, 0.717) is 17.5 Å². The van der Waals surface area contributed by atoms with Crippen molar-refractivity contribution in [2.75, 3.05) is 0 Å². The van der Waals surface area contributed by atoms with E-state index in [1.54, 1.807) is 0 Å². The van der Waals surface area contributed by atoms with Crippen molar-refractivity contribution in [2.45, 2.75) is 0 Å². The average Bonchev–Trinajstić information content (AvgIpc) is 3.88. The van der Waals surface area contributed by atoms with Crippen LogP contribution in [-0.2, 0) is 0 Å². The van der Waals surface area contributed by atoms with Crippen molar-refractivity contribution >= 4 is 65.7 Å². The minimum atomic E-state index is 0.556. The third-order valence-electron chi connectivity index (χ3n) is 9.86. The Balaban J connectivity index is 1.19. The van der Waals surface area contributed by atoms with E-state index >= 15 is 0 Å². The summed E-state index contributed by atoms with van der Waals surface area (Å²) in [6, 6.07) is 53.7. The summed E-state index contributed by atoms with van der Waals surface area (Å²) < 4.78 is 15.6. The molecular formula is C45H26N4O2. The maximum absolute atomic E-state index is 6.98. The lowest BCUT2D eigenvalue weighted by molar-refractivity contribution is 0.667. The maximum Gasteiger partial charge on any atom is 0.167 e. The fourth-order valence-electron chi connectivity index (χ4n) is 7.62. The minimum absolute atomic E-state index is 0.556. The van der Waals surface area contributed by atoms with Gasteiger partial charge in [-0.25, -0.2) is 15.0 Å². The number of furan rings is 2. The highest BCUT2D eigenvalue weighted by Gasteiger charge is 2.23. The van der Waals surface area contributed by atoms with Gasteiger partial charge in [-0.2, -0.15) is 0 Å². The first-order valence-electron chi connectivity index (χ1n) is 17.0. The van der Waals surface area contributed by atoms with Gasteiger partial charge in [0.2, 0.25) is 0 Å². The van der Waals surface area contributed by atoms with E-state index in [-0.39, 0.29) is 0 Å². The highest BCUT2D eigenvalue weighted by atomic mass is 16.3. The SMILES string of the molecule is c1ccc(-c2nc(-c3ccccc3)nc(-c3cccc4c3oc3c(-n5c6ccccc6c6c7c(ccc65)oc5ccccc57)cccc34)n2)cc1. The molecule has 0 saturated carbocycles. The number of hydrogen-bond donors (Lipinski definition) is 0. The van der Waals surface area contributed by atoms with Crippen LogP contribution >= 0.6 is 0 Å². The Morgan fingerprint density at radius 1 is 0.373 bits per heavy atom. The summed E-state index contributed by atoms with van der Waals surface area (Å²) in [4.78, 5) is 15.0. The van der Waals surface area contributed by atoms with E-state index < -0.39 is 0 Å². The molecule has 0 atom stereocenters. The Morgan fingerprint density at radius 2 is 0.980 bits per heavy atom. The van der Waals surface area contributed by atoms with Crippen molar-refractivity contribution in [3.8, 4) is 39.9 Å². The molecule has 0 aliphatic heterocycles. The predicted octanol–water partition coefficient (Wildman–Crippen LogP) is 11.8. The monoisotopic (exact) mass is 654 g/mol. The van der Waals surface area contributed by atoms with Crippen molar-refractivity contribution in [3.05, 3.63) is 158 Å². The van der Waals surface area contributed by atoms with Crippen LogP contribution in [0, 0.1) is 0 Å². The first-order chi connectivity index (χ1) is 25.3. The van der Waals surface area contributed by atoms with Gasteiger partial charge in [0.25, 0.3) is 0 Å². The lowest BCUT2D eigenvalue weighted by Crippen LogP contribution is -2.00. The number of para-hydroxylation sites is 4. The quantitative estimate of drug-likeness (QED) is 0.189. The molecule has 4 heterocycles. The zero-order chi connectivity index (χ0) is 33.5. The van der Waals surface area contributed by atoms with Crippen LogP contribution in [0.2, 0.25) is 0 Å². The first-order valence-corrected chi connectivity index (χ1v) is 17.0. The van der Waals surface area contributed by atoms with Gasteiger partial charge in [-0.05, 0) is 36.4 Å². The average molecular weight is 655 g/mol. The van der Waals surface area contributed by atoms with Gasteiger partial charge in [-0.15, -0.1) is 0 Å². The lowest BCUT2D eigenvalue weighted by atomic mass is 10.1. The first kappa shape index (κ1) is 27.9. The van der Waals surface area contributed by atoms with Crippen LogP contribution in [0.3, 0.4) is 0 Å². The number of fused-ring (bicyclic) bond motifs is 10. The van der Waals surface area contributed by atoms with Crippen molar-refractivity contribution in [2.24, 2.45) is 0 Å². The van der Waals surface area contributed by atoms with Gasteiger partial charge in [0.15, 0.2) is 23.1 Å². The summed E-state index contributed by atoms with van der Waals surface area (Å²) in [5.74, 6) is 1.77. The molecule has 6 heteroatoms. The van der Waals surface area contributed by atoms with Crippen LogP contribution in [0.1, 0.15) is 0 Å². The minimum Gasteiger partial charge on any atom is -0.456 e. The Hall–Kier alpha value is -7.05. The van der Waals surface area contributed by atoms with Crippen LogP contribution in [0.4, 0.5) is 0 Å². The molecule has 0 spiro atoms. The van der Waals surface area contributed by atoms with Crippen LogP contribution in [0.5, 0.6) is 0 Å². The van der Waals surface area contributed by atoms with Crippen molar-refractivity contribution in [1.82, 2.24) is 19.5 Å². The molecular weight excluding hydrogens is 629 g/mol. The van der Waals surface area contributed by atoms with Crippen molar-refractivity contribution < 1.29 is 8.83 Å². The molecule has 0 saturated heterocycles. The highest BCUT2D eigenvalue weighted by Crippen LogP contribution is 2.44. The topological polar surface area (TPSA) is 69.9 Å². The third-order valence-corrected chi connectivity index (χ3v) is 9.86. The molecule has 11 rings (SSSR count).